The third kappa shape index (κ3) is 6.43. The molecule has 2 aliphatic rings. The number of carbonyl (C=O) groups is 2. The number of nitrogens with one attached hydrogen (secondary N) is 1. The number of nitro groups is 1. The van der Waals surface area contributed by atoms with Crippen molar-refractivity contribution in [2.45, 2.75) is 44.6 Å². The van der Waals surface area contributed by atoms with Gasteiger partial charge in [0.15, 0.2) is 0 Å². The van der Waals surface area contributed by atoms with Crippen molar-refractivity contribution in [2.75, 3.05) is 26.7 Å². The van der Waals surface area contributed by atoms with Crippen LogP contribution in [0.3, 0.4) is 0 Å². The number of carbonyl (C=O) groups excluding carboxylic acids is 2. The van der Waals surface area contributed by atoms with E-state index in [1.807, 2.05) is 43.3 Å². The Balaban J connectivity index is 1.41. The van der Waals surface area contributed by atoms with Gasteiger partial charge in [0.2, 0.25) is 0 Å². The molecule has 3 aromatic rings. The van der Waals surface area contributed by atoms with E-state index < -0.39 is 28.4 Å². The van der Waals surface area contributed by atoms with Gasteiger partial charge in [-0.2, -0.15) is 0 Å². The van der Waals surface area contributed by atoms with Crippen LogP contribution in [0.2, 0.25) is 0 Å². The second-order valence-electron chi connectivity index (χ2n) is 11.7. The number of likely N-dealkylation sites (tertiary alicyclic amines) is 1. The maximum atomic E-state index is 14.1. The highest BCUT2D eigenvalue weighted by Gasteiger charge is 2.43. The average molecular weight is 596 g/mol. The number of methoxy groups -OCH3 is 1. The van der Waals surface area contributed by atoms with E-state index in [4.69, 9.17) is 9.47 Å². The molecule has 1 N–H and O–H groups in total. The molecule has 0 radical (unpaired) electrons. The minimum Gasteiger partial charge on any atom is -0.466 e. The normalized spacial score (nSPS) is 20.4. The SMILES string of the molecule is COC(=O)C1=C(C)NC(C)=C(C(=O)O[C@@]2(C)CCN(CC(c3ccccc3)c3ccccc3)C2)[C@H]1c1cccc([N+](=O)[O-])c1. The summed E-state index contributed by atoms with van der Waals surface area (Å²) in [7, 11) is 1.27. The Hall–Kier alpha value is -4.76. The Morgan fingerprint density at radius 2 is 1.55 bits per heavy atom. The van der Waals surface area contributed by atoms with Gasteiger partial charge in [-0.25, -0.2) is 9.59 Å². The minimum atomic E-state index is -0.905. The molecule has 0 aliphatic carbocycles. The van der Waals surface area contributed by atoms with Gasteiger partial charge < -0.3 is 14.8 Å². The first kappa shape index (κ1) is 30.7. The van der Waals surface area contributed by atoms with E-state index in [0.29, 0.717) is 29.9 Å². The highest BCUT2D eigenvalue weighted by molar-refractivity contribution is 6.00. The van der Waals surface area contributed by atoms with Crippen molar-refractivity contribution in [3.05, 3.63) is 134 Å². The van der Waals surface area contributed by atoms with Crippen LogP contribution < -0.4 is 5.32 Å². The van der Waals surface area contributed by atoms with E-state index in [9.17, 15) is 19.7 Å². The van der Waals surface area contributed by atoms with Gasteiger partial charge >= 0.3 is 11.9 Å². The van der Waals surface area contributed by atoms with Gasteiger partial charge in [-0.1, -0.05) is 72.8 Å². The Morgan fingerprint density at radius 3 is 2.11 bits per heavy atom. The maximum absolute atomic E-state index is 14.1. The van der Waals surface area contributed by atoms with Crippen molar-refractivity contribution in [3.63, 3.8) is 0 Å². The highest BCUT2D eigenvalue weighted by Crippen LogP contribution is 2.41. The molecular formula is C35H37N3O6. The molecule has 1 saturated heterocycles. The van der Waals surface area contributed by atoms with Crippen molar-refractivity contribution < 1.29 is 24.0 Å². The topological polar surface area (TPSA) is 111 Å². The largest absolute Gasteiger partial charge is 0.466 e. The monoisotopic (exact) mass is 595 g/mol. The third-order valence-corrected chi connectivity index (χ3v) is 8.50. The molecular weight excluding hydrogens is 558 g/mol. The summed E-state index contributed by atoms with van der Waals surface area (Å²) in [5.41, 5.74) is 3.40. The molecule has 0 aromatic heterocycles. The molecule has 2 atom stereocenters. The van der Waals surface area contributed by atoms with E-state index in [1.54, 1.807) is 26.0 Å². The molecule has 1 fully saturated rings. The number of hydrogen-bond donors (Lipinski definition) is 1. The number of nitrogens with zero attached hydrogens (tertiary/aromatic N) is 2. The number of nitro benzene ring substituents is 1. The van der Waals surface area contributed by atoms with Crippen LogP contribution in [0.4, 0.5) is 5.69 Å². The number of ether oxygens (including phenoxy) is 2. The van der Waals surface area contributed by atoms with Crippen LogP contribution >= 0.6 is 0 Å². The van der Waals surface area contributed by atoms with Crippen LogP contribution in [-0.2, 0) is 19.1 Å². The van der Waals surface area contributed by atoms with Gasteiger partial charge in [0.05, 0.1) is 29.1 Å². The summed E-state index contributed by atoms with van der Waals surface area (Å²) in [6, 6.07) is 26.8. The van der Waals surface area contributed by atoms with Crippen molar-refractivity contribution in [2.24, 2.45) is 0 Å². The zero-order valence-corrected chi connectivity index (χ0v) is 25.4. The van der Waals surface area contributed by atoms with Gasteiger partial charge in [-0.3, -0.25) is 15.0 Å². The smallest absolute Gasteiger partial charge is 0.337 e. The van der Waals surface area contributed by atoms with E-state index in [0.717, 1.165) is 13.1 Å². The summed E-state index contributed by atoms with van der Waals surface area (Å²) in [6.07, 6.45) is 0.634. The predicted octanol–water partition coefficient (Wildman–Crippen LogP) is 5.84. The molecule has 0 bridgehead atoms. The Bertz CT molecular complexity index is 1580. The lowest BCUT2D eigenvalue weighted by Gasteiger charge is -2.33. The molecule has 3 aromatic carbocycles. The van der Waals surface area contributed by atoms with Crippen molar-refractivity contribution >= 4 is 17.6 Å². The number of benzene rings is 3. The summed E-state index contributed by atoms with van der Waals surface area (Å²) >= 11 is 0. The third-order valence-electron chi connectivity index (χ3n) is 8.50. The van der Waals surface area contributed by atoms with E-state index >= 15 is 0 Å². The van der Waals surface area contributed by atoms with Gasteiger partial charge in [-0.05, 0) is 37.5 Å². The highest BCUT2D eigenvalue weighted by atomic mass is 16.6. The molecule has 9 nitrogen and oxygen atoms in total. The van der Waals surface area contributed by atoms with Crippen LogP contribution in [0.25, 0.3) is 0 Å². The quantitative estimate of drug-likeness (QED) is 0.187. The lowest BCUT2D eigenvalue weighted by Crippen LogP contribution is -2.39. The fourth-order valence-electron chi connectivity index (χ4n) is 6.37. The van der Waals surface area contributed by atoms with Crippen molar-refractivity contribution in [1.82, 2.24) is 10.2 Å². The molecule has 44 heavy (non-hydrogen) atoms. The lowest BCUT2D eigenvalue weighted by molar-refractivity contribution is -0.384. The fourth-order valence-corrected chi connectivity index (χ4v) is 6.37. The second-order valence-corrected chi connectivity index (χ2v) is 11.7. The van der Waals surface area contributed by atoms with Gasteiger partial charge in [0.25, 0.3) is 5.69 Å². The van der Waals surface area contributed by atoms with Crippen LogP contribution in [0.15, 0.2) is 107 Å². The molecule has 0 saturated carbocycles. The summed E-state index contributed by atoms with van der Waals surface area (Å²) < 4.78 is 11.3. The number of rotatable bonds is 9. The van der Waals surface area contributed by atoms with Crippen LogP contribution in [-0.4, -0.2) is 54.1 Å². The lowest BCUT2D eigenvalue weighted by atomic mass is 9.80. The Kier molecular flexibility index (Phi) is 8.96. The fraction of sp³-hybridized carbons (Fsp3) is 0.314. The molecule has 2 aliphatic heterocycles. The first-order valence-electron chi connectivity index (χ1n) is 14.7. The molecule has 5 rings (SSSR count). The summed E-state index contributed by atoms with van der Waals surface area (Å²) in [6.45, 7) is 7.43. The number of dihydropyridines is 1. The number of hydrogen-bond acceptors (Lipinski definition) is 8. The zero-order chi connectivity index (χ0) is 31.4. The van der Waals surface area contributed by atoms with Gasteiger partial charge in [-0.15, -0.1) is 0 Å². The predicted molar refractivity (Wildman–Crippen MR) is 167 cm³/mol. The molecule has 0 spiro atoms. The van der Waals surface area contributed by atoms with Crippen molar-refractivity contribution in [1.29, 1.82) is 0 Å². The van der Waals surface area contributed by atoms with E-state index in [1.165, 1.54) is 30.4 Å². The van der Waals surface area contributed by atoms with Crippen LogP contribution in [0.5, 0.6) is 0 Å². The summed E-state index contributed by atoms with van der Waals surface area (Å²) in [5.74, 6) is -1.96. The maximum Gasteiger partial charge on any atom is 0.337 e. The second kappa shape index (κ2) is 12.9. The summed E-state index contributed by atoms with van der Waals surface area (Å²) in [5, 5.41) is 14.7. The van der Waals surface area contributed by atoms with Crippen LogP contribution in [0.1, 0.15) is 55.7 Å². The van der Waals surface area contributed by atoms with Gasteiger partial charge in [0.1, 0.15) is 5.60 Å². The van der Waals surface area contributed by atoms with Crippen LogP contribution in [0, 0.1) is 10.1 Å². The Morgan fingerprint density at radius 1 is 0.955 bits per heavy atom. The molecule has 228 valence electrons. The molecule has 9 heteroatoms. The summed E-state index contributed by atoms with van der Waals surface area (Å²) in [4.78, 5) is 40.5. The minimum absolute atomic E-state index is 0.141. The zero-order valence-electron chi connectivity index (χ0n) is 25.4. The average Bonchev–Trinajstić information content (AvgIpc) is 3.39. The van der Waals surface area contributed by atoms with Gasteiger partial charge in [0, 0.05) is 55.5 Å². The first-order valence-corrected chi connectivity index (χ1v) is 14.7. The molecule has 0 unspecified atom stereocenters. The number of esters is 2. The van der Waals surface area contributed by atoms with E-state index in [2.05, 4.69) is 34.5 Å². The molecule has 0 amide bonds. The number of non-ortho nitro benzene ring substituents is 1. The van der Waals surface area contributed by atoms with Crippen molar-refractivity contribution in [3.8, 4) is 0 Å². The molecule has 2 heterocycles. The first-order chi connectivity index (χ1) is 21.1. The Labute approximate surface area is 257 Å². The standard InChI is InChI=1S/C35H37N3O6/c1-23-30(33(39)43-4)32(27-16-11-17-28(20-27)38(41)42)31(24(2)36-23)34(40)44-35(3)18-19-37(22-35)21-29(25-12-7-5-8-13-25)26-14-9-6-10-15-26/h5-17,20,29,32,36H,18-19,21-22H2,1-4H3/t32-,35-/m0/s1. The van der Waals surface area contributed by atoms with E-state index in [-0.39, 0.29) is 22.8 Å². The number of allylic oxidation sites excluding steroid dienone is 2.